The summed E-state index contributed by atoms with van der Waals surface area (Å²) < 4.78 is 5.35. The second-order valence-electron chi connectivity index (χ2n) is 6.36. The molecule has 2 heterocycles. The Morgan fingerprint density at radius 1 is 1.36 bits per heavy atom. The van der Waals surface area contributed by atoms with Gasteiger partial charge in [-0.1, -0.05) is 25.1 Å². The molecule has 2 atom stereocenters. The number of carboxylic acid groups (broad SMARTS) is 1. The fourth-order valence-corrected chi connectivity index (χ4v) is 3.28. The third-order valence-electron chi connectivity index (χ3n) is 4.65. The minimum atomic E-state index is -1.05. The molecule has 2 aromatic rings. The molecule has 25 heavy (non-hydrogen) atoms. The van der Waals surface area contributed by atoms with Crippen molar-refractivity contribution in [2.75, 3.05) is 4.90 Å². The number of hydrogen-bond donors (Lipinski definition) is 2. The molecule has 6 nitrogen and oxygen atoms in total. The zero-order chi connectivity index (χ0) is 18.0. The van der Waals surface area contributed by atoms with Gasteiger partial charge in [0, 0.05) is 23.8 Å². The smallest absolute Gasteiger partial charge is 0.326 e. The van der Waals surface area contributed by atoms with Gasteiger partial charge in [-0.05, 0) is 37.5 Å². The molecule has 1 aromatic carbocycles. The van der Waals surface area contributed by atoms with Crippen LogP contribution in [0.3, 0.4) is 0 Å². The molecule has 0 saturated carbocycles. The molecule has 1 aliphatic heterocycles. The molecular formula is C19H22N2O4. The molecule has 0 aliphatic carbocycles. The number of benzene rings is 1. The summed E-state index contributed by atoms with van der Waals surface area (Å²) in [5, 5.41) is 11.6. The Bertz CT molecular complexity index is 783. The van der Waals surface area contributed by atoms with E-state index in [2.05, 4.69) is 29.3 Å². The van der Waals surface area contributed by atoms with Crippen LogP contribution in [0, 0.1) is 0 Å². The van der Waals surface area contributed by atoms with Gasteiger partial charge < -0.3 is 19.7 Å². The van der Waals surface area contributed by atoms with Crippen molar-refractivity contribution in [2.24, 2.45) is 0 Å². The normalized spacial score (nSPS) is 17.2. The van der Waals surface area contributed by atoms with E-state index in [0.29, 0.717) is 19.0 Å². The average Bonchev–Trinajstić information content (AvgIpc) is 3.17. The van der Waals surface area contributed by atoms with Gasteiger partial charge in [0.2, 0.25) is 0 Å². The maximum Gasteiger partial charge on any atom is 0.326 e. The number of rotatable bonds is 6. The second-order valence-corrected chi connectivity index (χ2v) is 6.36. The zero-order valence-corrected chi connectivity index (χ0v) is 14.4. The molecule has 1 amide bonds. The van der Waals surface area contributed by atoms with Crippen LogP contribution in [0.25, 0.3) is 0 Å². The minimum absolute atomic E-state index is 0.177. The van der Waals surface area contributed by atoms with Crippen molar-refractivity contribution in [3.05, 3.63) is 53.5 Å². The molecule has 132 valence electrons. The number of carboxylic acids is 1. The first-order valence-corrected chi connectivity index (χ1v) is 8.45. The summed E-state index contributed by atoms with van der Waals surface area (Å²) in [7, 11) is 0. The number of fused-ring (bicyclic) bond motifs is 1. The SMILES string of the molecule is CCC(NC(=O)c1occc1CN1c2ccccc2CC1C)C(=O)O. The Morgan fingerprint density at radius 3 is 2.84 bits per heavy atom. The van der Waals surface area contributed by atoms with Gasteiger partial charge in [-0.3, -0.25) is 4.79 Å². The van der Waals surface area contributed by atoms with Gasteiger partial charge in [-0.25, -0.2) is 4.79 Å². The molecule has 0 spiro atoms. The van der Waals surface area contributed by atoms with Crippen LogP contribution in [0.15, 0.2) is 41.0 Å². The topological polar surface area (TPSA) is 82.8 Å². The summed E-state index contributed by atoms with van der Waals surface area (Å²) in [5.74, 6) is -1.36. The summed E-state index contributed by atoms with van der Waals surface area (Å²) in [6.07, 6.45) is 2.75. The largest absolute Gasteiger partial charge is 0.480 e. The van der Waals surface area contributed by atoms with E-state index in [0.717, 1.165) is 12.0 Å². The highest BCUT2D eigenvalue weighted by Crippen LogP contribution is 2.33. The van der Waals surface area contributed by atoms with E-state index in [4.69, 9.17) is 9.52 Å². The second kappa shape index (κ2) is 7.01. The van der Waals surface area contributed by atoms with E-state index >= 15 is 0 Å². The lowest BCUT2D eigenvalue weighted by molar-refractivity contribution is -0.139. The average molecular weight is 342 g/mol. The van der Waals surface area contributed by atoms with Crippen LogP contribution in [0.5, 0.6) is 0 Å². The number of anilines is 1. The maximum atomic E-state index is 12.4. The highest BCUT2D eigenvalue weighted by atomic mass is 16.4. The van der Waals surface area contributed by atoms with Crippen LogP contribution in [-0.2, 0) is 17.8 Å². The Labute approximate surface area is 146 Å². The third-order valence-corrected chi connectivity index (χ3v) is 4.65. The lowest BCUT2D eigenvalue weighted by atomic mass is 10.1. The molecule has 0 fully saturated rings. The van der Waals surface area contributed by atoms with Crippen LogP contribution in [-0.4, -0.2) is 29.1 Å². The van der Waals surface area contributed by atoms with E-state index in [1.165, 1.54) is 17.5 Å². The monoisotopic (exact) mass is 342 g/mol. The molecule has 1 aliphatic rings. The van der Waals surface area contributed by atoms with Crippen molar-refractivity contribution < 1.29 is 19.1 Å². The quantitative estimate of drug-likeness (QED) is 0.843. The van der Waals surface area contributed by atoms with Gasteiger partial charge in [0.1, 0.15) is 6.04 Å². The number of furan rings is 1. The van der Waals surface area contributed by atoms with Gasteiger partial charge in [-0.2, -0.15) is 0 Å². The van der Waals surface area contributed by atoms with E-state index in [1.807, 2.05) is 12.1 Å². The lowest BCUT2D eigenvalue weighted by Gasteiger charge is -2.24. The van der Waals surface area contributed by atoms with E-state index in [9.17, 15) is 9.59 Å². The number of carbonyl (C=O) groups excluding carboxylic acids is 1. The van der Waals surface area contributed by atoms with Gasteiger partial charge in [0.25, 0.3) is 5.91 Å². The first-order chi connectivity index (χ1) is 12.0. The fourth-order valence-electron chi connectivity index (χ4n) is 3.28. The molecule has 1 aromatic heterocycles. The summed E-state index contributed by atoms with van der Waals surface area (Å²) >= 11 is 0. The first-order valence-electron chi connectivity index (χ1n) is 8.45. The Morgan fingerprint density at radius 2 is 2.12 bits per heavy atom. The van der Waals surface area contributed by atoms with Gasteiger partial charge in [0.15, 0.2) is 5.76 Å². The van der Waals surface area contributed by atoms with Crippen molar-refractivity contribution in [2.45, 2.75) is 45.3 Å². The number of nitrogens with zero attached hydrogens (tertiary/aromatic N) is 1. The summed E-state index contributed by atoms with van der Waals surface area (Å²) in [6, 6.07) is 9.41. The molecule has 0 radical (unpaired) electrons. The Hall–Kier alpha value is -2.76. The predicted molar refractivity (Wildman–Crippen MR) is 93.7 cm³/mol. The standard InChI is InChI=1S/C19H22N2O4/c1-3-15(19(23)24)20-18(22)17-14(8-9-25-17)11-21-12(2)10-13-6-4-5-7-16(13)21/h4-9,12,15H,3,10-11H2,1-2H3,(H,20,22)(H,23,24). The summed E-state index contributed by atoms with van der Waals surface area (Å²) in [5.41, 5.74) is 3.21. The highest BCUT2D eigenvalue weighted by molar-refractivity contribution is 5.95. The molecule has 2 unspecified atom stereocenters. The van der Waals surface area contributed by atoms with E-state index in [1.54, 1.807) is 13.0 Å². The molecule has 0 bridgehead atoms. The summed E-state index contributed by atoms with van der Waals surface area (Å²) in [6.45, 7) is 4.41. The lowest BCUT2D eigenvalue weighted by Crippen LogP contribution is -2.40. The number of amides is 1. The fraction of sp³-hybridized carbons (Fsp3) is 0.368. The number of aliphatic carboxylic acids is 1. The number of carbonyl (C=O) groups is 2. The molecular weight excluding hydrogens is 320 g/mol. The molecule has 6 heteroatoms. The minimum Gasteiger partial charge on any atom is -0.480 e. The van der Waals surface area contributed by atoms with E-state index in [-0.39, 0.29) is 5.76 Å². The van der Waals surface area contributed by atoms with Crippen molar-refractivity contribution in [1.29, 1.82) is 0 Å². The van der Waals surface area contributed by atoms with Crippen molar-refractivity contribution in [3.8, 4) is 0 Å². The van der Waals surface area contributed by atoms with Gasteiger partial charge in [0.05, 0.1) is 6.26 Å². The summed E-state index contributed by atoms with van der Waals surface area (Å²) in [4.78, 5) is 25.8. The van der Waals surface area contributed by atoms with Crippen molar-refractivity contribution >= 4 is 17.6 Å². The van der Waals surface area contributed by atoms with Crippen LogP contribution < -0.4 is 10.2 Å². The zero-order valence-electron chi connectivity index (χ0n) is 14.4. The Balaban J connectivity index is 1.78. The van der Waals surface area contributed by atoms with Crippen molar-refractivity contribution in [3.63, 3.8) is 0 Å². The number of hydrogen-bond acceptors (Lipinski definition) is 4. The first kappa shape index (κ1) is 17.1. The van der Waals surface area contributed by atoms with Crippen LogP contribution >= 0.6 is 0 Å². The predicted octanol–water partition coefficient (Wildman–Crippen LogP) is 2.82. The van der Waals surface area contributed by atoms with Gasteiger partial charge >= 0.3 is 5.97 Å². The van der Waals surface area contributed by atoms with Crippen LogP contribution in [0.4, 0.5) is 5.69 Å². The Kier molecular flexibility index (Phi) is 4.79. The van der Waals surface area contributed by atoms with Crippen molar-refractivity contribution in [1.82, 2.24) is 5.32 Å². The maximum absolute atomic E-state index is 12.4. The van der Waals surface area contributed by atoms with Crippen LogP contribution in [0.1, 0.15) is 41.9 Å². The number of nitrogens with one attached hydrogen (secondary N) is 1. The molecule has 2 N–H and O–H groups in total. The third kappa shape index (κ3) is 3.38. The van der Waals surface area contributed by atoms with Crippen LogP contribution in [0.2, 0.25) is 0 Å². The van der Waals surface area contributed by atoms with E-state index < -0.39 is 17.9 Å². The number of para-hydroxylation sites is 1. The molecule has 3 rings (SSSR count). The highest BCUT2D eigenvalue weighted by Gasteiger charge is 2.28. The molecule has 0 saturated heterocycles. The van der Waals surface area contributed by atoms with Gasteiger partial charge in [-0.15, -0.1) is 0 Å².